The minimum Gasteiger partial charge on any atom is -0.313 e. The van der Waals surface area contributed by atoms with Gasteiger partial charge in [-0.25, -0.2) is 0 Å². The molecule has 66 valence electrons. The Bertz CT molecular complexity index is 253. The molecule has 0 aliphatic carbocycles. The molecule has 0 aliphatic heterocycles. The Morgan fingerprint density at radius 3 is 2.17 bits per heavy atom. The van der Waals surface area contributed by atoms with Gasteiger partial charge in [-0.2, -0.15) is 0 Å². The molecule has 0 heterocycles. The van der Waals surface area contributed by atoms with E-state index in [1.165, 1.54) is 0 Å². The van der Waals surface area contributed by atoms with Crippen LogP contribution in [0.5, 0.6) is 0 Å². The van der Waals surface area contributed by atoms with Crippen LogP contribution >= 0.6 is 23.2 Å². The molecule has 1 rings (SSSR count). The van der Waals surface area contributed by atoms with Crippen molar-refractivity contribution in [1.82, 2.24) is 5.32 Å². The first-order valence-electron chi connectivity index (χ1n) is 3.78. The van der Waals surface area contributed by atoms with E-state index >= 15 is 0 Å². The maximum atomic E-state index is 5.98. The molecular weight excluding hydrogens is 193 g/mol. The number of halogens is 2. The van der Waals surface area contributed by atoms with Crippen LogP contribution < -0.4 is 5.32 Å². The van der Waals surface area contributed by atoms with E-state index in [9.17, 15) is 0 Å². The second kappa shape index (κ2) is 4.13. The number of benzene rings is 1. The average Bonchev–Trinajstić information content (AvgIpc) is 2.03. The van der Waals surface area contributed by atoms with Crippen LogP contribution in [-0.4, -0.2) is 7.05 Å². The van der Waals surface area contributed by atoms with Crippen LogP contribution in [0.15, 0.2) is 18.2 Å². The highest BCUT2D eigenvalue weighted by Gasteiger charge is 2.10. The van der Waals surface area contributed by atoms with Gasteiger partial charge in [-0.3, -0.25) is 0 Å². The van der Waals surface area contributed by atoms with Crippen LogP contribution in [0.1, 0.15) is 18.5 Å². The SMILES string of the molecule is CN[C@H](C)c1c(Cl)cccc1Cl. The van der Waals surface area contributed by atoms with Gasteiger partial charge in [0.05, 0.1) is 0 Å². The van der Waals surface area contributed by atoms with Gasteiger partial charge in [0.1, 0.15) is 0 Å². The van der Waals surface area contributed by atoms with Crippen molar-refractivity contribution < 1.29 is 0 Å². The highest BCUT2D eigenvalue weighted by Crippen LogP contribution is 2.29. The van der Waals surface area contributed by atoms with E-state index in [0.29, 0.717) is 10.0 Å². The zero-order chi connectivity index (χ0) is 9.14. The lowest BCUT2D eigenvalue weighted by atomic mass is 10.1. The zero-order valence-corrected chi connectivity index (χ0v) is 8.58. The summed E-state index contributed by atoms with van der Waals surface area (Å²) in [5.41, 5.74) is 0.961. The molecule has 1 aromatic rings. The Morgan fingerprint density at radius 1 is 1.25 bits per heavy atom. The molecule has 1 aromatic carbocycles. The highest BCUT2D eigenvalue weighted by molar-refractivity contribution is 6.36. The summed E-state index contributed by atoms with van der Waals surface area (Å²) in [6.07, 6.45) is 0. The molecule has 3 heteroatoms. The molecule has 0 saturated heterocycles. The molecule has 0 aromatic heterocycles. The molecule has 0 unspecified atom stereocenters. The van der Waals surface area contributed by atoms with Crippen LogP contribution in [0.2, 0.25) is 10.0 Å². The third-order valence-corrected chi connectivity index (χ3v) is 2.52. The Labute approximate surface area is 82.7 Å². The summed E-state index contributed by atoms with van der Waals surface area (Å²) >= 11 is 12.0. The van der Waals surface area contributed by atoms with E-state index in [-0.39, 0.29) is 6.04 Å². The van der Waals surface area contributed by atoms with Crippen molar-refractivity contribution in [3.63, 3.8) is 0 Å². The molecular formula is C9H11Cl2N. The van der Waals surface area contributed by atoms with Gasteiger partial charge in [-0.1, -0.05) is 29.3 Å². The second-order valence-electron chi connectivity index (χ2n) is 2.65. The molecule has 1 N–H and O–H groups in total. The predicted octanol–water partition coefficient (Wildman–Crippen LogP) is 3.27. The summed E-state index contributed by atoms with van der Waals surface area (Å²) in [6, 6.07) is 5.72. The Morgan fingerprint density at radius 2 is 1.75 bits per heavy atom. The molecule has 1 nitrogen and oxygen atoms in total. The third kappa shape index (κ3) is 1.92. The molecule has 0 saturated carbocycles. The molecule has 0 fully saturated rings. The Kier molecular flexibility index (Phi) is 3.39. The molecule has 0 amide bonds. The number of rotatable bonds is 2. The van der Waals surface area contributed by atoms with Gasteiger partial charge in [0.2, 0.25) is 0 Å². The van der Waals surface area contributed by atoms with Crippen molar-refractivity contribution in [1.29, 1.82) is 0 Å². The van der Waals surface area contributed by atoms with E-state index in [4.69, 9.17) is 23.2 Å². The van der Waals surface area contributed by atoms with Crippen molar-refractivity contribution >= 4 is 23.2 Å². The molecule has 0 bridgehead atoms. The maximum Gasteiger partial charge on any atom is 0.0468 e. The fourth-order valence-electron chi connectivity index (χ4n) is 1.07. The van der Waals surface area contributed by atoms with Crippen molar-refractivity contribution in [2.75, 3.05) is 7.05 Å². The summed E-state index contributed by atoms with van der Waals surface area (Å²) in [5, 5.41) is 4.52. The summed E-state index contributed by atoms with van der Waals surface area (Å²) in [5.74, 6) is 0. The van der Waals surface area contributed by atoms with Crippen LogP contribution in [0, 0.1) is 0 Å². The van der Waals surface area contributed by atoms with Crippen molar-refractivity contribution in [3.05, 3.63) is 33.8 Å². The van der Waals surface area contributed by atoms with Crippen molar-refractivity contribution in [3.8, 4) is 0 Å². The van der Waals surface area contributed by atoms with Crippen LogP contribution in [-0.2, 0) is 0 Å². The zero-order valence-electron chi connectivity index (χ0n) is 7.07. The lowest BCUT2D eigenvalue weighted by Gasteiger charge is -2.13. The topological polar surface area (TPSA) is 12.0 Å². The monoisotopic (exact) mass is 203 g/mol. The first-order chi connectivity index (χ1) is 5.66. The van der Waals surface area contributed by atoms with Gasteiger partial charge in [0.25, 0.3) is 0 Å². The van der Waals surface area contributed by atoms with Gasteiger partial charge in [0.15, 0.2) is 0 Å². The molecule has 0 radical (unpaired) electrons. The molecule has 12 heavy (non-hydrogen) atoms. The largest absolute Gasteiger partial charge is 0.313 e. The third-order valence-electron chi connectivity index (χ3n) is 1.87. The number of nitrogens with one attached hydrogen (secondary N) is 1. The molecule has 0 aliphatic rings. The lowest BCUT2D eigenvalue weighted by molar-refractivity contribution is 0.653. The van der Waals surface area contributed by atoms with Crippen molar-refractivity contribution in [2.24, 2.45) is 0 Å². The molecule has 1 atom stereocenters. The van der Waals surface area contributed by atoms with Crippen LogP contribution in [0.3, 0.4) is 0 Å². The Hall–Kier alpha value is -0.240. The minimum atomic E-state index is 0.186. The Balaban J connectivity index is 3.12. The van der Waals surface area contributed by atoms with E-state index in [1.807, 2.05) is 32.2 Å². The second-order valence-corrected chi connectivity index (χ2v) is 3.46. The summed E-state index contributed by atoms with van der Waals surface area (Å²) in [7, 11) is 1.88. The lowest BCUT2D eigenvalue weighted by Crippen LogP contribution is -2.13. The average molecular weight is 204 g/mol. The normalized spacial score (nSPS) is 13.0. The van der Waals surface area contributed by atoms with E-state index in [1.54, 1.807) is 0 Å². The van der Waals surface area contributed by atoms with Crippen molar-refractivity contribution in [2.45, 2.75) is 13.0 Å². The predicted molar refractivity (Wildman–Crippen MR) is 53.9 cm³/mol. The fraction of sp³-hybridized carbons (Fsp3) is 0.333. The maximum absolute atomic E-state index is 5.98. The fourth-order valence-corrected chi connectivity index (χ4v) is 1.79. The van der Waals surface area contributed by atoms with E-state index in [0.717, 1.165) is 5.56 Å². The molecule has 0 spiro atoms. The smallest absolute Gasteiger partial charge is 0.0468 e. The summed E-state index contributed by atoms with van der Waals surface area (Å²) in [6.45, 7) is 2.02. The summed E-state index contributed by atoms with van der Waals surface area (Å²) < 4.78 is 0. The standard InChI is InChI=1S/C9H11Cl2N/c1-6(12-2)9-7(10)4-3-5-8(9)11/h3-6,12H,1-2H3/t6-/m1/s1. The van der Waals surface area contributed by atoms with Gasteiger partial charge < -0.3 is 5.32 Å². The van der Waals surface area contributed by atoms with Crippen LogP contribution in [0.4, 0.5) is 0 Å². The highest BCUT2D eigenvalue weighted by atomic mass is 35.5. The van der Waals surface area contributed by atoms with Crippen LogP contribution in [0.25, 0.3) is 0 Å². The summed E-state index contributed by atoms with van der Waals surface area (Å²) in [4.78, 5) is 0. The number of hydrogen-bond acceptors (Lipinski definition) is 1. The number of hydrogen-bond donors (Lipinski definition) is 1. The minimum absolute atomic E-state index is 0.186. The van der Waals surface area contributed by atoms with Gasteiger partial charge in [-0.05, 0) is 26.1 Å². The quantitative estimate of drug-likeness (QED) is 0.779. The van der Waals surface area contributed by atoms with Gasteiger partial charge in [0, 0.05) is 21.7 Å². The first-order valence-corrected chi connectivity index (χ1v) is 4.53. The van der Waals surface area contributed by atoms with E-state index < -0.39 is 0 Å². The first kappa shape index (κ1) is 9.85. The van der Waals surface area contributed by atoms with E-state index in [2.05, 4.69) is 5.32 Å². The van der Waals surface area contributed by atoms with Gasteiger partial charge in [-0.15, -0.1) is 0 Å². The van der Waals surface area contributed by atoms with Gasteiger partial charge >= 0.3 is 0 Å².